The van der Waals surface area contributed by atoms with Gasteiger partial charge < -0.3 is 4.74 Å². The molecule has 0 amide bonds. The van der Waals surface area contributed by atoms with Crippen LogP contribution < -0.4 is 0 Å². The summed E-state index contributed by atoms with van der Waals surface area (Å²) < 4.78 is 4.59. The first-order valence-electron chi connectivity index (χ1n) is 4.73. The third kappa shape index (κ3) is 1.51. The van der Waals surface area contributed by atoms with Crippen LogP contribution in [0.2, 0.25) is 0 Å². The fourth-order valence-corrected chi connectivity index (χ4v) is 2.80. The Labute approximate surface area is 96.4 Å². The lowest BCUT2D eigenvalue weighted by molar-refractivity contribution is -0.126. The maximum Gasteiger partial charge on any atom is 0.348 e. The number of carbonyl (C=O) groups is 2. The van der Waals surface area contributed by atoms with E-state index >= 15 is 0 Å². The summed E-state index contributed by atoms with van der Waals surface area (Å²) in [5, 5.41) is 9.10. The van der Waals surface area contributed by atoms with Crippen LogP contribution in [0.25, 0.3) is 0 Å². The normalized spacial score (nSPS) is 17.4. The quantitative estimate of drug-likeness (QED) is 0.731. The van der Waals surface area contributed by atoms with Crippen molar-refractivity contribution in [2.75, 3.05) is 7.11 Å². The number of methoxy groups -OCH3 is 1. The molecule has 1 saturated carbocycles. The van der Waals surface area contributed by atoms with E-state index in [4.69, 9.17) is 5.26 Å². The number of rotatable bonds is 2. The molecule has 0 unspecified atom stereocenters. The van der Waals surface area contributed by atoms with Gasteiger partial charge in [0.1, 0.15) is 16.1 Å². The highest BCUT2D eigenvalue weighted by Crippen LogP contribution is 2.43. The molecule has 1 aromatic rings. The first kappa shape index (κ1) is 10.8. The van der Waals surface area contributed by atoms with E-state index in [1.54, 1.807) is 12.1 Å². The second-order valence-corrected chi connectivity index (χ2v) is 4.83. The molecule has 0 atom stereocenters. The highest BCUT2D eigenvalue weighted by atomic mass is 32.1. The minimum absolute atomic E-state index is 0.0922. The molecule has 1 aliphatic rings. The van der Waals surface area contributed by atoms with Gasteiger partial charge in [0.2, 0.25) is 0 Å². The Bertz CT molecular complexity index is 490. The Hall–Kier alpha value is -1.67. The van der Waals surface area contributed by atoms with E-state index in [-0.39, 0.29) is 18.6 Å². The molecule has 0 radical (unpaired) electrons. The van der Waals surface area contributed by atoms with Gasteiger partial charge in [-0.25, -0.2) is 4.79 Å². The maximum atomic E-state index is 11.3. The molecule has 0 aliphatic heterocycles. The van der Waals surface area contributed by atoms with Crippen LogP contribution in [0, 0.1) is 11.3 Å². The van der Waals surface area contributed by atoms with Crippen molar-refractivity contribution < 1.29 is 14.3 Å². The zero-order chi connectivity index (χ0) is 11.8. The van der Waals surface area contributed by atoms with Crippen LogP contribution in [-0.2, 0) is 14.9 Å². The molecule has 1 aromatic heterocycles. The minimum atomic E-state index is -0.700. The fourth-order valence-electron chi connectivity index (χ4n) is 1.74. The third-order valence-corrected chi connectivity index (χ3v) is 3.95. The molecule has 0 saturated heterocycles. The van der Waals surface area contributed by atoms with Crippen molar-refractivity contribution in [1.29, 1.82) is 5.26 Å². The zero-order valence-electron chi connectivity index (χ0n) is 8.65. The number of ketones is 1. The molecule has 5 heteroatoms. The first-order chi connectivity index (χ1) is 7.61. The Balaban J connectivity index is 2.29. The van der Waals surface area contributed by atoms with E-state index in [0.29, 0.717) is 4.88 Å². The molecule has 1 heterocycles. The summed E-state index contributed by atoms with van der Waals surface area (Å²) in [6.07, 6.45) is 0.509. The molecular formula is C11H9NO3S. The predicted octanol–water partition coefficient (Wildman–Crippen LogP) is 1.66. The number of carbonyl (C=O) groups excluding carboxylic acids is 2. The number of Topliss-reactive ketones (excluding diaryl/α,β-unsaturated/α-hetero) is 1. The van der Waals surface area contributed by atoms with E-state index < -0.39 is 11.4 Å². The van der Waals surface area contributed by atoms with Gasteiger partial charge in [0.05, 0.1) is 13.2 Å². The standard InChI is InChI=1S/C11H9NO3S/c1-15-10(14)8-2-3-9(16-8)11(6-12)4-7(13)5-11/h2-3H,4-5H2,1H3. The molecule has 1 aliphatic carbocycles. The summed E-state index contributed by atoms with van der Waals surface area (Å²) in [6, 6.07) is 5.53. The van der Waals surface area contributed by atoms with Gasteiger partial charge in [-0.05, 0) is 12.1 Å². The minimum Gasteiger partial charge on any atom is -0.465 e. The van der Waals surface area contributed by atoms with Gasteiger partial charge in [0, 0.05) is 17.7 Å². The van der Waals surface area contributed by atoms with Crippen LogP contribution in [0.4, 0.5) is 0 Å². The van der Waals surface area contributed by atoms with E-state index in [1.165, 1.54) is 18.4 Å². The molecule has 2 rings (SSSR count). The number of ether oxygens (including phenoxy) is 1. The van der Waals surface area contributed by atoms with Crippen molar-refractivity contribution in [3.05, 3.63) is 21.9 Å². The van der Waals surface area contributed by atoms with E-state index in [1.807, 2.05) is 0 Å². The second kappa shape index (κ2) is 3.72. The highest BCUT2D eigenvalue weighted by molar-refractivity contribution is 7.14. The van der Waals surface area contributed by atoms with Crippen LogP contribution in [0.3, 0.4) is 0 Å². The Morgan fingerprint density at radius 3 is 2.75 bits per heavy atom. The Morgan fingerprint density at radius 2 is 2.25 bits per heavy atom. The van der Waals surface area contributed by atoms with Crippen molar-refractivity contribution >= 4 is 23.1 Å². The van der Waals surface area contributed by atoms with Crippen LogP contribution in [0.5, 0.6) is 0 Å². The lowest BCUT2D eigenvalue weighted by Crippen LogP contribution is -2.39. The van der Waals surface area contributed by atoms with Crippen LogP contribution in [0.15, 0.2) is 12.1 Å². The van der Waals surface area contributed by atoms with Crippen molar-refractivity contribution in [3.8, 4) is 6.07 Å². The average Bonchev–Trinajstić information content (AvgIpc) is 2.72. The maximum absolute atomic E-state index is 11.3. The second-order valence-electron chi connectivity index (χ2n) is 3.74. The topological polar surface area (TPSA) is 67.2 Å². The molecule has 0 bridgehead atoms. The number of nitriles is 1. The zero-order valence-corrected chi connectivity index (χ0v) is 9.47. The van der Waals surface area contributed by atoms with E-state index in [2.05, 4.69) is 10.8 Å². The molecular weight excluding hydrogens is 226 g/mol. The van der Waals surface area contributed by atoms with Gasteiger partial charge in [-0.1, -0.05) is 0 Å². The predicted molar refractivity (Wildman–Crippen MR) is 57.2 cm³/mol. The molecule has 4 nitrogen and oxygen atoms in total. The van der Waals surface area contributed by atoms with Crippen LogP contribution >= 0.6 is 11.3 Å². The van der Waals surface area contributed by atoms with Gasteiger partial charge in [-0.2, -0.15) is 5.26 Å². The number of esters is 1. The van der Waals surface area contributed by atoms with Crippen molar-refractivity contribution in [1.82, 2.24) is 0 Å². The Kier molecular flexibility index (Phi) is 2.52. The summed E-state index contributed by atoms with van der Waals surface area (Å²) in [6.45, 7) is 0. The number of hydrogen-bond donors (Lipinski definition) is 0. The summed E-state index contributed by atoms with van der Waals surface area (Å²) >= 11 is 1.23. The summed E-state index contributed by atoms with van der Waals surface area (Å²) in [4.78, 5) is 23.5. The monoisotopic (exact) mass is 235 g/mol. The third-order valence-electron chi connectivity index (χ3n) is 2.68. The largest absolute Gasteiger partial charge is 0.465 e. The molecule has 16 heavy (non-hydrogen) atoms. The van der Waals surface area contributed by atoms with E-state index in [9.17, 15) is 9.59 Å². The fraction of sp³-hybridized carbons (Fsp3) is 0.364. The lowest BCUT2D eigenvalue weighted by Gasteiger charge is -2.32. The van der Waals surface area contributed by atoms with Crippen LogP contribution in [0.1, 0.15) is 27.4 Å². The molecule has 0 N–H and O–H groups in total. The van der Waals surface area contributed by atoms with Gasteiger partial charge >= 0.3 is 5.97 Å². The van der Waals surface area contributed by atoms with Crippen molar-refractivity contribution in [3.63, 3.8) is 0 Å². The first-order valence-corrected chi connectivity index (χ1v) is 5.54. The number of nitrogens with zero attached hydrogens (tertiary/aromatic N) is 1. The van der Waals surface area contributed by atoms with Crippen molar-refractivity contribution in [2.45, 2.75) is 18.3 Å². The van der Waals surface area contributed by atoms with Gasteiger partial charge in [0.25, 0.3) is 0 Å². The average molecular weight is 235 g/mol. The molecule has 82 valence electrons. The lowest BCUT2D eigenvalue weighted by atomic mass is 9.68. The van der Waals surface area contributed by atoms with Gasteiger partial charge in [0.15, 0.2) is 0 Å². The van der Waals surface area contributed by atoms with Crippen molar-refractivity contribution in [2.24, 2.45) is 0 Å². The number of thiophene rings is 1. The summed E-state index contributed by atoms with van der Waals surface area (Å²) in [5.74, 6) is -0.315. The SMILES string of the molecule is COC(=O)c1ccc(C2(C#N)CC(=O)C2)s1. The van der Waals surface area contributed by atoms with Gasteiger partial charge in [-0.15, -0.1) is 11.3 Å². The molecule has 0 aromatic carbocycles. The molecule has 1 fully saturated rings. The van der Waals surface area contributed by atoms with E-state index in [0.717, 1.165) is 4.88 Å². The molecule has 0 spiro atoms. The summed E-state index contributed by atoms with van der Waals surface area (Å²) in [7, 11) is 1.31. The number of hydrogen-bond acceptors (Lipinski definition) is 5. The highest BCUT2D eigenvalue weighted by Gasteiger charge is 2.46. The Morgan fingerprint density at radius 1 is 1.56 bits per heavy atom. The summed E-state index contributed by atoms with van der Waals surface area (Å²) in [5.41, 5.74) is -0.700. The van der Waals surface area contributed by atoms with Crippen LogP contribution in [-0.4, -0.2) is 18.9 Å². The van der Waals surface area contributed by atoms with Gasteiger partial charge in [-0.3, -0.25) is 4.79 Å². The smallest absolute Gasteiger partial charge is 0.348 e.